The number of rotatable bonds is 5. The zero-order valence-corrected chi connectivity index (χ0v) is 5.96. The second-order valence-electron chi connectivity index (χ2n) is 1.56. The van der Waals surface area contributed by atoms with E-state index in [0.717, 1.165) is 0 Å². The van der Waals surface area contributed by atoms with Crippen LogP contribution in [0.1, 0.15) is 6.92 Å². The number of aliphatic hydroxyl groups is 1. The quantitative estimate of drug-likeness (QED) is 0.575. The summed E-state index contributed by atoms with van der Waals surface area (Å²) >= 11 is 0. The van der Waals surface area contributed by atoms with Crippen molar-refractivity contribution in [2.75, 3.05) is 20.3 Å². The van der Waals surface area contributed by atoms with Crippen molar-refractivity contribution < 1.29 is 24.0 Å². The van der Waals surface area contributed by atoms with Gasteiger partial charge in [0, 0.05) is 13.7 Å². The van der Waals surface area contributed by atoms with E-state index in [-0.39, 0.29) is 6.61 Å². The van der Waals surface area contributed by atoms with Crippen LogP contribution in [-0.2, 0) is 14.4 Å². The number of hydrogen-bond acceptors (Lipinski definition) is 4. The zero-order valence-electron chi connectivity index (χ0n) is 5.96. The molecule has 1 unspecified atom stereocenters. The van der Waals surface area contributed by atoms with E-state index in [0.29, 0.717) is 0 Å². The summed E-state index contributed by atoms with van der Waals surface area (Å²) in [6, 6.07) is 0. The second kappa shape index (κ2) is 4.56. The van der Waals surface area contributed by atoms with Crippen LogP contribution in [0.4, 0.5) is 4.53 Å². The molecule has 0 aromatic heterocycles. The average Bonchev–Trinajstić information content (AvgIpc) is 2.01. The molecule has 0 aliphatic rings. The molecule has 0 aromatic rings. The van der Waals surface area contributed by atoms with Gasteiger partial charge in [-0.15, -0.1) is 4.94 Å². The highest BCUT2D eigenvalue weighted by Crippen LogP contribution is 2.13. The molecule has 1 N–H and O–H groups in total. The molecule has 0 spiro atoms. The first-order valence-electron chi connectivity index (χ1n) is 2.84. The molecule has 0 amide bonds. The van der Waals surface area contributed by atoms with Crippen LogP contribution in [0.25, 0.3) is 0 Å². The third-order valence-electron chi connectivity index (χ3n) is 0.986. The number of halogens is 1. The van der Waals surface area contributed by atoms with Crippen molar-refractivity contribution in [3.63, 3.8) is 0 Å². The smallest absolute Gasteiger partial charge is 0.340 e. The monoisotopic (exact) mass is 154 g/mol. The SMILES string of the molecule is CCOC(CO)(OC)OF. The van der Waals surface area contributed by atoms with Crippen LogP contribution < -0.4 is 0 Å². The largest absolute Gasteiger partial charge is 0.388 e. The minimum absolute atomic E-state index is 0.193. The fraction of sp³-hybridized carbons (Fsp3) is 1.00. The van der Waals surface area contributed by atoms with E-state index < -0.39 is 12.6 Å². The molecule has 0 radical (unpaired) electrons. The summed E-state index contributed by atoms with van der Waals surface area (Å²) in [5, 5.41) is 8.49. The third-order valence-corrected chi connectivity index (χ3v) is 0.986. The highest BCUT2D eigenvalue weighted by atomic mass is 19.3. The molecule has 0 saturated heterocycles. The van der Waals surface area contributed by atoms with Crippen LogP contribution >= 0.6 is 0 Å². The molecule has 62 valence electrons. The minimum Gasteiger partial charge on any atom is -0.388 e. The van der Waals surface area contributed by atoms with Crippen molar-refractivity contribution in [2.45, 2.75) is 12.9 Å². The minimum atomic E-state index is -1.94. The van der Waals surface area contributed by atoms with Gasteiger partial charge in [-0.25, -0.2) is 0 Å². The van der Waals surface area contributed by atoms with E-state index in [1.54, 1.807) is 6.92 Å². The average molecular weight is 154 g/mol. The van der Waals surface area contributed by atoms with Gasteiger partial charge in [0.25, 0.3) is 0 Å². The Hall–Kier alpha value is -0.230. The molecule has 0 aliphatic carbocycles. The molecule has 0 rings (SSSR count). The summed E-state index contributed by atoms with van der Waals surface area (Å²) in [4.78, 5) is 3.28. The molecule has 1 atom stereocenters. The first-order valence-corrected chi connectivity index (χ1v) is 2.84. The molecular formula is C5H11FO4. The summed E-state index contributed by atoms with van der Waals surface area (Å²) in [6.45, 7) is 1.13. The maximum absolute atomic E-state index is 11.6. The highest BCUT2D eigenvalue weighted by Gasteiger charge is 2.32. The van der Waals surface area contributed by atoms with Crippen molar-refractivity contribution in [1.29, 1.82) is 0 Å². The first kappa shape index (κ1) is 9.77. The highest BCUT2D eigenvalue weighted by molar-refractivity contribution is 4.49. The van der Waals surface area contributed by atoms with Gasteiger partial charge >= 0.3 is 5.97 Å². The van der Waals surface area contributed by atoms with Crippen LogP contribution in [-0.4, -0.2) is 31.4 Å². The predicted molar refractivity (Wildman–Crippen MR) is 30.6 cm³/mol. The number of aliphatic hydroxyl groups excluding tert-OH is 1. The molecule has 0 saturated carbocycles. The fourth-order valence-corrected chi connectivity index (χ4v) is 0.467. The second-order valence-corrected chi connectivity index (χ2v) is 1.56. The Morgan fingerprint density at radius 2 is 2.20 bits per heavy atom. The van der Waals surface area contributed by atoms with Crippen molar-refractivity contribution in [1.82, 2.24) is 0 Å². The molecule has 0 aromatic carbocycles. The topological polar surface area (TPSA) is 47.9 Å². The Morgan fingerprint density at radius 3 is 2.30 bits per heavy atom. The van der Waals surface area contributed by atoms with E-state index in [1.807, 2.05) is 0 Å². The van der Waals surface area contributed by atoms with Crippen LogP contribution in [0.2, 0.25) is 0 Å². The summed E-state index contributed by atoms with van der Waals surface area (Å²) in [7, 11) is 1.17. The van der Waals surface area contributed by atoms with Gasteiger partial charge in [-0.1, -0.05) is 0 Å². The summed E-state index contributed by atoms with van der Waals surface area (Å²) in [6.07, 6.45) is 0. The van der Waals surface area contributed by atoms with Gasteiger partial charge in [-0.05, 0) is 11.4 Å². The first-order chi connectivity index (χ1) is 4.74. The molecule has 0 fully saturated rings. The molecule has 0 bridgehead atoms. The number of hydrogen-bond donors (Lipinski definition) is 1. The Labute approximate surface area is 58.4 Å². The fourth-order valence-electron chi connectivity index (χ4n) is 0.467. The maximum Gasteiger partial charge on any atom is 0.340 e. The van der Waals surface area contributed by atoms with Gasteiger partial charge in [0.2, 0.25) is 0 Å². The van der Waals surface area contributed by atoms with Gasteiger partial charge < -0.3 is 14.6 Å². The van der Waals surface area contributed by atoms with Gasteiger partial charge in [0.15, 0.2) is 0 Å². The van der Waals surface area contributed by atoms with E-state index in [4.69, 9.17) is 5.11 Å². The zero-order chi connectivity index (χ0) is 8.04. The molecular weight excluding hydrogens is 143 g/mol. The predicted octanol–water partition coefficient (Wildman–Crippen LogP) is 0.217. The van der Waals surface area contributed by atoms with Crippen molar-refractivity contribution >= 4 is 0 Å². The maximum atomic E-state index is 11.6. The van der Waals surface area contributed by atoms with Gasteiger partial charge in [0.1, 0.15) is 6.61 Å². The number of methoxy groups -OCH3 is 1. The molecule has 5 heteroatoms. The van der Waals surface area contributed by atoms with Crippen LogP contribution in [0, 0.1) is 0 Å². The van der Waals surface area contributed by atoms with Gasteiger partial charge in [-0.2, -0.15) is 0 Å². The molecule has 4 nitrogen and oxygen atoms in total. The summed E-state index contributed by atoms with van der Waals surface area (Å²) < 4.78 is 20.6. The van der Waals surface area contributed by atoms with E-state index in [2.05, 4.69) is 14.4 Å². The third kappa shape index (κ3) is 2.18. The normalized spacial score (nSPS) is 16.8. The van der Waals surface area contributed by atoms with Gasteiger partial charge in [0.05, 0.1) is 0 Å². The summed E-state index contributed by atoms with van der Waals surface area (Å²) in [5.41, 5.74) is 0. The Kier molecular flexibility index (Phi) is 4.46. The van der Waals surface area contributed by atoms with Crippen molar-refractivity contribution in [2.24, 2.45) is 0 Å². The van der Waals surface area contributed by atoms with Crippen LogP contribution in [0.5, 0.6) is 0 Å². The standard InChI is InChI=1S/C5H11FO4/c1-3-9-5(4-7,8-2)10-6/h7H,3-4H2,1-2H3. The molecule has 0 heterocycles. The molecule has 10 heavy (non-hydrogen) atoms. The van der Waals surface area contributed by atoms with Gasteiger partial charge in [-0.3, -0.25) is 0 Å². The van der Waals surface area contributed by atoms with E-state index in [1.165, 1.54) is 7.11 Å². The van der Waals surface area contributed by atoms with Crippen LogP contribution in [0.3, 0.4) is 0 Å². The van der Waals surface area contributed by atoms with Crippen LogP contribution in [0.15, 0.2) is 0 Å². The summed E-state index contributed by atoms with van der Waals surface area (Å²) in [5.74, 6) is -1.94. The lowest BCUT2D eigenvalue weighted by molar-refractivity contribution is -0.452. The van der Waals surface area contributed by atoms with Crippen molar-refractivity contribution in [3.05, 3.63) is 0 Å². The lowest BCUT2D eigenvalue weighted by atomic mass is 10.6. The van der Waals surface area contributed by atoms with E-state index >= 15 is 0 Å². The van der Waals surface area contributed by atoms with E-state index in [9.17, 15) is 4.53 Å². The Balaban J connectivity index is 3.87. The molecule has 0 aliphatic heterocycles. The number of ether oxygens (including phenoxy) is 2. The lowest BCUT2D eigenvalue weighted by Gasteiger charge is -2.23. The Morgan fingerprint density at radius 1 is 1.60 bits per heavy atom. The lowest BCUT2D eigenvalue weighted by Crippen LogP contribution is -2.39. The van der Waals surface area contributed by atoms with Crippen molar-refractivity contribution in [3.8, 4) is 0 Å². The Bertz CT molecular complexity index is 75.5.